The van der Waals surface area contributed by atoms with Crippen molar-refractivity contribution in [2.45, 2.75) is 59.7 Å². The fourth-order valence-corrected chi connectivity index (χ4v) is 2.07. The van der Waals surface area contributed by atoms with Crippen molar-refractivity contribution < 1.29 is 0 Å². The summed E-state index contributed by atoms with van der Waals surface area (Å²) in [5.41, 5.74) is 2.38. The normalized spacial score (nSPS) is 11.8. The van der Waals surface area contributed by atoms with Crippen LogP contribution in [0.3, 0.4) is 0 Å². The van der Waals surface area contributed by atoms with Crippen molar-refractivity contribution in [2.24, 2.45) is 0 Å². The van der Waals surface area contributed by atoms with Crippen molar-refractivity contribution in [1.29, 1.82) is 0 Å². The lowest BCUT2D eigenvalue weighted by molar-refractivity contribution is 0.516. The minimum Gasteiger partial charge on any atom is -0.348 e. The molecule has 0 bridgehead atoms. The number of aryl methyl sites for hydroxylation is 1. The highest BCUT2D eigenvalue weighted by Crippen LogP contribution is 2.23. The molecule has 0 aliphatic rings. The molecule has 0 unspecified atom stereocenters. The number of anilines is 1. The Morgan fingerprint density at radius 1 is 1.35 bits per heavy atom. The zero-order valence-corrected chi connectivity index (χ0v) is 13.8. The summed E-state index contributed by atoms with van der Waals surface area (Å²) in [5.74, 6) is 1.02. The quantitative estimate of drug-likeness (QED) is 0.803. The third-order valence-corrected chi connectivity index (χ3v) is 3.28. The Morgan fingerprint density at radius 2 is 2.00 bits per heavy atom. The predicted molar refractivity (Wildman–Crippen MR) is 88.2 cm³/mol. The molecule has 1 aromatic heterocycles. The third kappa shape index (κ3) is 4.64. The van der Waals surface area contributed by atoms with E-state index in [0.717, 1.165) is 24.6 Å². The van der Waals surface area contributed by atoms with Crippen molar-refractivity contribution in [3.63, 3.8) is 0 Å². The van der Waals surface area contributed by atoms with E-state index >= 15 is 0 Å². The molecule has 0 aliphatic heterocycles. The van der Waals surface area contributed by atoms with Crippen molar-refractivity contribution in [3.8, 4) is 0 Å². The molecular weight excluding hydrogens is 246 g/mol. The predicted octanol–water partition coefficient (Wildman–Crippen LogP) is 3.68. The zero-order valence-electron chi connectivity index (χ0n) is 13.8. The summed E-state index contributed by atoms with van der Waals surface area (Å²) in [6.07, 6.45) is 1.93. The maximum Gasteiger partial charge on any atom is 0.129 e. The van der Waals surface area contributed by atoms with Gasteiger partial charge in [-0.25, -0.2) is 4.98 Å². The van der Waals surface area contributed by atoms with Gasteiger partial charge in [-0.2, -0.15) is 0 Å². The number of nitrogens with one attached hydrogen (secondary N) is 1. The molecule has 0 fully saturated rings. The molecule has 0 aromatic carbocycles. The number of rotatable bonds is 6. The van der Waals surface area contributed by atoms with Crippen LogP contribution in [-0.4, -0.2) is 23.1 Å². The van der Waals surface area contributed by atoms with Crippen LogP contribution in [0.5, 0.6) is 0 Å². The van der Waals surface area contributed by atoms with Crippen LogP contribution in [0.25, 0.3) is 0 Å². The number of aromatic nitrogens is 1. The minimum absolute atomic E-state index is 0.0331. The van der Waals surface area contributed by atoms with Crippen LogP contribution in [0.1, 0.15) is 45.9 Å². The van der Waals surface area contributed by atoms with Gasteiger partial charge in [0.05, 0.1) is 0 Å². The molecule has 1 N–H and O–H groups in total. The van der Waals surface area contributed by atoms with E-state index in [0.29, 0.717) is 6.04 Å². The monoisotopic (exact) mass is 275 g/mol. The van der Waals surface area contributed by atoms with Crippen LogP contribution in [-0.2, 0) is 6.54 Å². The van der Waals surface area contributed by atoms with E-state index < -0.39 is 0 Å². The number of hydrogen-bond donors (Lipinski definition) is 1. The summed E-state index contributed by atoms with van der Waals surface area (Å²) < 4.78 is 0. The van der Waals surface area contributed by atoms with Crippen LogP contribution in [0, 0.1) is 6.92 Å². The molecular formula is C17H29N3. The summed E-state index contributed by atoms with van der Waals surface area (Å²) in [6, 6.07) is 4.77. The molecule has 3 heteroatoms. The molecule has 0 saturated carbocycles. The zero-order chi connectivity index (χ0) is 15.3. The van der Waals surface area contributed by atoms with Crippen molar-refractivity contribution in [1.82, 2.24) is 10.3 Å². The van der Waals surface area contributed by atoms with E-state index in [1.165, 1.54) is 5.56 Å². The Morgan fingerprint density at radius 3 is 2.45 bits per heavy atom. The van der Waals surface area contributed by atoms with Gasteiger partial charge in [0, 0.05) is 30.4 Å². The van der Waals surface area contributed by atoms with Gasteiger partial charge in [-0.3, -0.25) is 0 Å². The van der Waals surface area contributed by atoms with E-state index in [2.05, 4.69) is 70.5 Å². The van der Waals surface area contributed by atoms with Gasteiger partial charge in [0.15, 0.2) is 0 Å². The van der Waals surface area contributed by atoms with Gasteiger partial charge in [-0.05, 0) is 39.3 Å². The lowest BCUT2D eigenvalue weighted by Crippen LogP contribution is -2.42. The largest absolute Gasteiger partial charge is 0.348 e. The molecule has 0 atom stereocenters. The van der Waals surface area contributed by atoms with Gasteiger partial charge in [-0.1, -0.05) is 26.0 Å². The van der Waals surface area contributed by atoms with Crippen molar-refractivity contribution in [2.75, 3.05) is 11.4 Å². The molecule has 1 heterocycles. The van der Waals surface area contributed by atoms with Gasteiger partial charge in [0.25, 0.3) is 0 Å². The number of pyridine rings is 1. The smallest absolute Gasteiger partial charge is 0.129 e. The fraction of sp³-hybridized carbons (Fsp3) is 0.588. The molecule has 0 aliphatic carbocycles. The number of nitrogens with zero attached hydrogens (tertiary/aromatic N) is 2. The molecule has 20 heavy (non-hydrogen) atoms. The lowest BCUT2D eigenvalue weighted by Gasteiger charge is -2.36. The van der Waals surface area contributed by atoms with Crippen molar-refractivity contribution >= 4 is 5.82 Å². The molecule has 0 saturated heterocycles. The second kappa shape index (κ2) is 6.89. The first-order chi connectivity index (χ1) is 9.25. The minimum atomic E-state index is 0.0331. The first-order valence-electron chi connectivity index (χ1n) is 7.34. The molecule has 1 aromatic rings. The summed E-state index contributed by atoms with van der Waals surface area (Å²) in [6.45, 7) is 18.5. The molecule has 0 amide bonds. The van der Waals surface area contributed by atoms with Crippen LogP contribution >= 0.6 is 0 Å². The maximum atomic E-state index is 4.77. The maximum absolute atomic E-state index is 4.77. The Kier molecular flexibility index (Phi) is 5.75. The molecule has 1 rings (SSSR count). The fourth-order valence-electron chi connectivity index (χ4n) is 2.07. The standard InChI is InChI=1S/C17H29N3/c1-8-11-20(17(5,6)7)16-10-9-15(14(4)19-16)12-18-13(2)3/h8-10,13,18H,1,11-12H2,2-7H3. The third-order valence-electron chi connectivity index (χ3n) is 3.28. The highest BCUT2D eigenvalue weighted by Gasteiger charge is 2.21. The van der Waals surface area contributed by atoms with E-state index in [1.807, 2.05) is 6.08 Å². The van der Waals surface area contributed by atoms with Gasteiger partial charge in [0.1, 0.15) is 5.82 Å². The summed E-state index contributed by atoms with van der Waals surface area (Å²) in [7, 11) is 0. The Labute approximate surface area is 124 Å². The van der Waals surface area contributed by atoms with Gasteiger partial charge < -0.3 is 10.2 Å². The van der Waals surface area contributed by atoms with Crippen LogP contribution < -0.4 is 10.2 Å². The first-order valence-corrected chi connectivity index (χ1v) is 7.34. The van der Waals surface area contributed by atoms with Gasteiger partial charge in [-0.15, -0.1) is 6.58 Å². The van der Waals surface area contributed by atoms with Gasteiger partial charge in [0.2, 0.25) is 0 Å². The Balaban J connectivity index is 2.97. The van der Waals surface area contributed by atoms with E-state index in [9.17, 15) is 0 Å². The first kappa shape index (κ1) is 16.7. The Hall–Kier alpha value is -1.35. The van der Waals surface area contributed by atoms with E-state index in [1.54, 1.807) is 0 Å². The van der Waals surface area contributed by atoms with Crippen LogP contribution in [0.2, 0.25) is 0 Å². The topological polar surface area (TPSA) is 28.2 Å². The van der Waals surface area contributed by atoms with E-state index in [-0.39, 0.29) is 5.54 Å². The van der Waals surface area contributed by atoms with Gasteiger partial charge >= 0.3 is 0 Å². The lowest BCUT2D eigenvalue weighted by atomic mass is 10.1. The second-order valence-electron chi connectivity index (χ2n) is 6.52. The highest BCUT2D eigenvalue weighted by atomic mass is 15.2. The number of hydrogen-bond acceptors (Lipinski definition) is 3. The summed E-state index contributed by atoms with van der Waals surface area (Å²) >= 11 is 0. The SMILES string of the molecule is C=CCN(c1ccc(CNC(C)C)c(C)n1)C(C)(C)C. The highest BCUT2D eigenvalue weighted by molar-refractivity contribution is 5.44. The summed E-state index contributed by atoms with van der Waals surface area (Å²) in [4.78, 5) is 7.05. The van der Waals surface area contributed by atoms with Crippen LogP contribution in [0.15, 0.2) is 24.8 Å². The van der Waals surface area contributed by atoms with Crippen molar-refractivity contribution in [3.05, 3.63) is 36.0 Å². The second-order valence-corrected chi connectivity index (χ2v) is 6.52. The average Bonchev–Trinajstić information content (AvgIpc) is 2.32. The molecule has 0 radical (unpaired) electrons. The average molecular weight is 275 g/mol. The molecule has 112 valence electrons. The van der Waals surface area contributed by atoms with E-state index in [4.69, 9.17) is 4.98 Å². The van der Waals surface area contributed by atoms with Crippen LogP contribution in [0.4, 0.5) is 5.82 Å². The molecule has 3 nitrogen and oxygen atoms in total. The Bertz CT molecular complexity index is 444. The molecule has 0 spiro atoms. The summed E-state index contributed by atoms with van der Waals surface area (Å²) in [5, 5.41) is 3.44.